The van der Waals surface area contributed by atoms with Gasteiger partial charge in [-0.05, 0) is 19.3 Å². The van der Waals surface area contributed by atoms with Gasteiger partial charge in [0, 0.05) is 26.1 Å². The van der Waals surface area contributed by atoms with Gasteiger partial charge in [-0.25, -0.2) is 0 Å². The van der Waals surface area contributed by atoms with Crippen molar-refractivity contribution in [3.63, 3.8) is 0 Å². The number of ketones is 1. The van der Waals surface area contributed by atoms with Gasteiger partial charge in [-0.15, -0.1) is 0 Å². The Hall–Kier alpha value is -0.370. The molecule has 0 aliphatic carbocycles. The van der Waals surface area contributed by atoms with E-state index in [1.807, 2.05) is 6.92 Å². The Balaban J connectivity index is 3.20. The molecule has 0 aromatic rings. The SMILES string of the molecule is CCOCCCC(=O)CC(C)C. The van der Waals surface area contributed by atoms with Crippen LogP contribution in [0.4, 0.5) is 0 Å². The lowest BCUT2D eigenvalue weighted by Crippen LogP contribution is -2.04. The van der Waals surface area contributed by atoms with Crippen molar-refractivity contribution < 1.29 is 9.53 Å². The van der Waals surface area contributed by atoms with Gasteiger partial charge in [0.05, 0.1) is 0 Å². The van der Waals surface area contributed by atoms with E-state index in [2.05, 4.69) is 13.8 Å². The summed E-state index contributed by atoms with van der Waals surface area (Å²) in [6, 6.07) is 0. The van der Waals surface area contributed by atoms with Gasteiger partial charge in [0.25, 0.3) is 0 Å². The van der Waals surface area contributed by atoms with Gasteiger partial charge >= 0.3 is 0 Å². The molecule has 2 heteroatoms. The Morgan fingerprint density at radius 1 is 1.42 bits per heavy atom. The first kappa shape index (κ1) is 11.6. The number of carbonyl (C=O) groups is 1. The highest BCUT2D eigenvalue weighted by Gasteiger charge is 2.03. The van der Waals surface area contributed by atoms with E-state index in [1.165, 1.54) is 0 Å². The molecule has 0 aromatic carbocycles. The summed E-state index contributed by atoms with van der Waals surface area (Å²) in [5, 5.41) is 0. The van der Waals surface area contributed by atoms with Crippen molar-refractivity contribution in [1.82, 2.24) is 0 Å². The van der Waals surface area contributed by atoms with Crippen molar-refractivity contribution in [3.8, 4) is 0 Å². The molecule has 0 bridgehead atoms. The fourth-order valence-electron chi connectivity index (χ4n) is 1.07. The fourth-order valence-corrected chi connectivity index (χ4v) is 1.07. The molecular weight excluding hydrogens is 152 g/mol. The largest absolute Gasteiger partial charge is 0.382 e. The molecule has 0 fully saturated rings. The number of Topliss-reactive ketones (excluding diaryl/α,β-unsaturated/α-hetero) is 1. The second-order valence-electron chi connectivity index (χ2n) is 3.44. The minimum absolute atomic E-state index is 0.365. The van der Waals surface area contributed by atoms with Crippen LogP contribution in [0.15, 0.2) is 0 Å². The van der Waals surface area contributed by atoms with Crippen molar-refractivity contribution in [2.75, 3.05) is 13.2 Å². The van der Waals surface area contributed by atoms with E-state index < -0.39 is 0 Å². The van der Waals surface area contributed by atoms with Crippen LogP contribution in [0, 0.1) is 5.92 Å². The number of ether oxygens (including phenoxy) is 1. The van der Waals surface area contributed by atoms with E-state index in [1.54, 1.807) is 0 Å². The first-order chi connectivity index (χ1) is 5.66. The minimum atomic E-state index is 0.365. The molecule has 0 amide bonds. The summed E-state index contributed by atoms with van der Waals surface area (Å²) in [4.78, 5) is 11.2. The third-order valence-corrected chi connectivity index (χ3v) is 1.58. The summed E-state index contributed by atoms with van der Waals surface area (Å²) in [6.45, 7) is 7.58. The summed E-state index contributed by atoms with van der Waals surface area (Å²) >= 11 is 0. The summed E-state index contributed by atoms with van der Waals surface area (Å²) in [6.07, 6.45) is 2.27. The highest BCUT2D eigenvalue weighted by atomic mass is 16.5. The van der Waals surface area contributed by atoms with Crippen molar-refractivity contribution in [2.24, 2.45) is 5.92 Å². The summed E-state index contributed by atoms with van der Waals surface area (Å²) in [5.74, 6) is 0.856. The lowest BCUT2D eigenvalue weighted by Gasteiger charge is -2.03. The van der Waals surface area contributed by atoms with E-state index in [0.717, 1.165) is 19.6 Å². The lowest BCUT2D eigenvalue weighted by molar-refractivity contribution is -0.120. The maximum absolute atomic E-state index is 11.2. The number of hydrogen-bond donors (Lipinski definition) is 0. The molecule has 12 heavy (non-hydrogen) atoms. The van der Waals surface area contributed by atoms with E-state index in [4.69, 9.17) is 4.74 Å². The molecule has 2 nitrogen and oxygen atoms in total. The zero-order valence-electron chi connectivity index (χ0n) is 8.43. The monoisotopic (exact) mass is 172 g/mol. The van der Waals surface area contributed by atoms with E-state index in [-0.39, 0.29) is 0 Å². The quantitative estimate of drug-likeness (QED) is 0.551. The molecule has 0 atom stereocenters. The summed E-state index contributed by atoms with van der Waals surface area (Å²) in [7, 11) is 0. The van der Waals surface area contributed by atoms with E-state index >= 15 is 0 Å². The van der Waals surface area contributed by atoms with Crippen molar-refractivity contribution in [2.45, 2.75) is 40.0 Å². The lowest BCUT2D eigenvalue weighted by atomic mass is 10.0. The van der Waals surface area contributed by atoms with Crippen molar-refractivity contribution >= 4 is 5.78 Å². The smallest absolute Gasteiger partial charge is 0.133 e. The molecule has 0 saturated carbocycles. The Morgan fingerprint density at radius 3 is 2.58 bits per heavy atom. The molecule has 0 aliphatic rings. The highest BCUT2D eigenvalue weighted by molar-refractivity contribution is 5.78. The molecule has 0 aromatic heterocycles. The average Bonchev–Trinajstić information content (AvgIpc) is 1.97. The molecular formula is C10H20O2. The predicted molar refractivity (Wildman–Crippen MR) is 50.2 cm³/mol. The molecule has 0 N–H and O–H groups in total. The molecule has 0 aliphatic heterocycles. The van der Waals surface area contributed by atoms with Crippen LogP contribution in [0.5, 0.6) is 0 Å². The maximum Gasteiger partial charge on any atom is 0.133 e. The predicted octanol–water partition coefficient (Wildman–Crippen LogP) is 2.42. The normalized spacial score (nSPS) is 10.7. The van der Waals surface area contributed by atoms with Crippen molar-refractivity contribution in [1.29, 1.82) is 0 Å². The molecule has 0 rings (SSSR count). The standard InChI is InChI=1S/C10H20O2/c1-4-12-7-5-6-10(11)8-9(2)3/h9H,4-8H2,1-3H3. The van der Waals surface area contributed by atoms with Gasteiger partial charge in [-0.1, -0.05) is 13.8 Å². The van der Waals surface area contributed by atoms with Crippen LogP contribution in [0.25, 0.3) is 0 Å². The van der Waals surface area contributed by atoms with Crippen LogP contribution >= 0.6 is 0 Å². The first-order valence-corrected chi connectivity index (χ1v) is 4.76. The Kier molecular flexibility index (Phi) is 7.06. The van der Waals surface area contributed by atoms with Crippen LogP contribution in [0.3, 0.4) is 0 Å². The summed E-state index contributed by atoms with van der Waals surface area (Å²) in [5.41, 5.74) is 0. The second kappa shape index (κ2) is 7.29. The molecule has 0 saturated heterocycles. The van der Waals surface area contributed by atoms with E-state index in [0.29, 0.717) is 24.5 Å². The van der Waals surface area contributed by atoms with Crippen LogP contribution in [0.1, 0.15) is 40.0 Å². The topological polar surface area (TPSA) is 26.3 Å². The number of hydrogen-bond acceptors (Lipinski definition) is 2. The van der Waals surface area contributed by atoms with Gasteiger partial charge in [0.1, 0.15) is 5.78 Å². The molecule has 0 radical (unpaired) electrons. The molecule has 72 valence electrons. The zero-order chi connectivity index (χ0) is 9.40. The van der Waals surface area contributed by atoms with Gasteiger partial charge in [0.2, 0.25) is 0 Å². The van der Waals surface area contributed by atoms with Gasteiger partial charge in [0.15, 0.2) is 0 Å². The molecule has 0 heterocycles. The average molecular weight is 172 g/mol. The minimum Gasteiger partial charge on any atom is -0.382 e. The first-order valence-electron chi connectivity index (χ1n) is 4.76. The third kappa shape index (κ3) is 7.73. The Bertz CT molecular complexity index is 119. The molecule has 0 spiro atoms. The third-order valence-electron chi connectivity index (χ3n) is 1.58. The van der Waals surface area contributed by atoms with Crippen molar-refractivity contribution in [3.05, 3.63) is 0 Å². The molecule has 0 unspecified atom stereocenters. The van der Waals surface area contributed by atoms with Crippen LogP contribution < -0.4 is 0 Å². The second-order valence-corrected chi connectivity index (χ2v) is 3.44. The number of rotatable bonds is 7. The highest BCUT2D eigenvalue weighted by Crippen LogP contribution is 2.04. The van der Waals surface area contributed by atoms with Gasteiger partial charge in [-0.3, -0.25) is 4.79 Å². The van der Waals surface area contributed by atoms with E-state index in [9.17, 15) is 4.79 Å². The van der Waals surface area contributed by atoms with Crippen LogP contribution in [-0.2, 0) is 9.53 Å². The Morgan fingerprint density at radius 2 is 2.08 bits per heavy atom. The number of carbonyl (C=O) groups excluding carboxylic acids is 1. The zero-order valence-corrected chi connectivity index (χ0v) is 8.43. The fraction of sp³-hybridized carbons (Fsp3) is 0.900. The summed E-state index contributed by atoms with van der Waals surface area (Å²) < 4.78 is 5.14. The van der Waals surface area contributed by atoms with Gasteiger partial charge < -0.3 is 4.74 Å². The Labute approximate surface area is 75.3 Å². The maximum atomic E-state index is 11.2. The van der Waals surface area contributed by atoms with Crippen LogP contribution in [0.2, 0.25) is 0 Å². The van der Waals surface area contributed by atoms with Crippen LogP contribution in [-0.4, -0.2) is 19.0 Å². The van der Waals surface area contributed by atoms with Gasteiger partial charge in [-0.2, -0.15) is 0 Å².